The molecule has 0 saturated heterocycles. The number of aromatic nitrogens is 2. The normalized spacial score (nSPS) is 28.5. The molecule has 1 fully saturated rings. The van der Waals surface area contributed by atoms with Gasteiger partial charge in [-0.1, -0.05) is 12.1 Å². The third-order valence-electron chi connectivity index (χ3n) is 4.35. The first-order valence-corrected chi connectivity index (χ1v) is 7.24. The lowest BCUT2D eigenvalue weighted by Gasteiger charge is -2.35. The maximum absolute atomic E-state index is 5.74. The third-order valence-corrected chi connectivity index (χ3v) is 4.35. The summed E-state index contributed by atoms with van der Waals surface area (Å²) in [5, 5.41) is 4.12. The Morgan fingerprint density at radius 1 is 1.40 bits per heavy atom. The van der Waals surface area contributed by atoms with Crippen molar-refractivity contribution < 1.29 is 14.0 Å². The molecule has 1 aliphatic carbocycles. The van der Waals surface area contributed by atoms with Crippen LogP contribution in [-0.2, 0) is 21.5 Å². The molecule has 1 atom stereocenters. The topological polar surface area (TPSA) is 83.4 Å². The van der Waals surface area contributed by atoms with Crippen molar-refractivity contribution in [3.8, 4) is 0 Å². The summed E-state index contributed by atoms with van der Waals surface area (Å²) in [6, 6.07) is 0. The van der Waals surface area contributed by atoms with Crippen LogP contribution in [0.15, 0.2) is 4.52 Å². The lowest BCUT2D eigenvalue weighted by atomic mass is 9.79. The minimum Gasteiger partial charge on any atom is -0.380 e. The zero-order valence-corrected chi connectivity index (χ0v) is 12.6. The van der Waals surface area contributed by atoms with Crippen LogP contribution in [-0.4, -0.2) is 37.0 Å². The van der Waals surface area contributed by atoms with Gasteiger partial charge in [0.1, 0.15) is 5.60 Å². The van der Waals surface area contributed by atoms with Crippen molar-refractivity contribution >= 4 is 0 Å². The van der Waals surface area contributed by atoms with Gasteiger partial charge < -0.3 is 19.7 Å². The van der Waals surface area contributed by atoms with Crippen molar-refractivity contribution in [1.29, 1.82) is 0 Å². The Labute approximate surface area is 120 Å². The molecular weight excluding hydrogens is 258 g/mol. The van der Waals surface area contributed by atoms with Gasteiger partial charge in [-0.2, -0.15) is 4.98 Å². The Balaban J connectivity index is 2.10. The average molecular weight is 283 g/mol. The van der Waals surface area contributed by atoms with Gasteiger partial charge in [-0.25, -0.2) is 0 Å². The molecule has 0 amide bonds. The van der Waals surface area contributed by atoms with E-state index in [-0.39, 0.29) is 11.7 Å². The first-order valence-electron chi connectivity index (χ1n) is 7.24. The first kappa shape index (κ1) is 15.4. The van der Waals surface area contributed by atoms with Crippen LogP contribution in [0, 0.1) is 5.92 Å². The van der Waals surface area contributed by atoms with Gasteiger partial charge in [-0.15, -0.1) is 0 Å². The highest BCUT2D eigenvalue weighted by Crippen LogP contribution is 2.40. The first-order chi connectivity index (χ1) is 9.63. The van der Waals surface area contributed by atoms with Gasteiger partial charge in [0.25, 0.3) is 0 Å². The Hall–Kier alpha value is -0.980. The van der Waals surface area contributed by atoms with Crippen LogP contribution < -0.4 is 5.73 Å². The van der Waals surface area contributed by atoms with Crippen LogP contribution in [0.4, 0.5) is 0 Å². The van der Waals surface area contributed by atoms with E-state index in [9.17, 15) is 0 Å². The molecule has 2 rings (SSSR count). The highest BCUT2D eigenvalue weighted by Gasteiger charge is 2.40. The molecular formula is C14H25N3O3. The molecule has 0 radical (unpaired) electrons. The fraction of sp³-hybridized carbons (Fsp3) is 0.857. The zero-order chi connectivity index (χ0) is 14.6. The van der Waals surface area contributed by atoms with E-state index >= 15 is 0 Å². The molecule has 20 heavy (non-hydrogen) atoms. The summed E-state index contributed by atoms with van der Waals surface area (Å²) >= 11 is 0. The summed E-state index contributed by atoms with van der Waals surface area (Å²) < 4.78 is 16.3. The fourth-order valence-electron chi connectivity index (χ4n) is 2.73. The van der Waals surface area contributed by atoms with Gasteiger partial charge in [0.05, 0.1) is 12.5 Å². The Bertz CT molecular complexity index is 410. The van der Waals surface area contributed by atoms with E-state index in [2.05, 4.69) is 17.1 Å². The second-order valence-electron chi connectivity index (χ2n) is 5.69. The van der Waals surface area contributed by atoms with Crippen LogP contribution in [0.5, 0.6) is 0 Å². The number of nitrogens with two attached hydrogens (primary N) is 1. The van der Waals surface area contributed by atoms with E-state index in [1.165, 1.54) is 0 Å². The van der Waals surface area contributed by atoms with Crippen molar-refractivity contribution in [2.24, 2.45) is 11.7 Å². The Morgan fingerprint density at radius 3 is 2.65 bits per heavy atom. The second-order valence-corrected chi connectivity index (χ2v) is 5.69. The largest absolute Gasteiger partial charge is 0.380 e. The molecule has 6 nitrogen and oxygen atoms in total. The van der Waals surface area contributed by atoms with Crippen LogP contribution in [0.1, 0.15) is 44.3 Å². The van der Waals surface area contributed by atoms with E-state index in [0.29, 0.717) is 24.7 Å². The molecule has 1 aromatic rings. The van der Waals surface area contributed by atoms with Gasteiger partial charge in [-0.3, -0.25) is 0 Å². The molecule has 1 unspecified atom stereocenters. The third kappa shape index (κ3) is 3.19. The highest BCUT2D eigenvalue weighted by molar-refractivity contribution is 5.04. The number of methoxy groups -OCH3 is 2. The molecule has 1 aliphatic rings. The van der Waals surface area contributed by atoms with Gasteiger partial charge >= 0.3 is 0 Å². The quantitative estimate of drug-likeness (QED) is 0.854. The van der Waals surface area contributed by atoms with E-state index in [1.807, 2.05) is 0 Å². The monoisotopic (exact) mass is 283 g/mol. The average Bonchev–Trinajstić information content (AvgIpc) is 2.95. The Morgan fingerprint density at radius 2 is 2.10 bits per heavy atom. The van der Waals surface area contributed by atoms with Gasteiger partial charge in [0.15, 0.2) is 0 Å². The van der Waals surface area contributed by atoms with Gasteiger partial charge in [-0.05, 0) is 31.6 Å². The van der Waals surface area contributed by atoms with Crippen LogP contribution >= 0.6 is 0 Å². The number of nitrogens with zero attached hydrogens (tertiary/aromatic N) is 2. The van der Waals surface area contributed by atoms with Crippen LogP contribution in [0.3, 0.4) is 0 Å². The molecule has 114 valence electrons. The lowest BCUT2D eigenvalue weighted by molar-refractivity contribution is -0.0609. The van der Waals surface area contributed by atoms with Crippen molar-refractivity contribution in [2.45, 2.75) is 50.7 Å². The predicted molar refractivity (Wildman–Crippen MR) is 74.2 cm³/mol. The summed E-state index contributed by atoms with van der Waals surface area (Å²) in [7, 11) is 3.36. The summed E-state index contributed by atoms with van der Waals surface area (Å²) in [5.74, 6) is 1.96. The molecule has 2 N–H and O–H groups in total. The van der Waals surface area contributed by atoms with Crippen LogP contribution in [0.25, 0.3) is 0 Å². The molecule has 0 aromatic carbocycles. The van der Waals surface area contributed by atoms with E-state index in [1.54, 1.807) is 14.2 Å². The summed E-state index contributed by atoms with van der Waals surface area (Å²) in [4.78, 5) is 4.50. The number of hydrogen-bond donors (Lipinski definition) is 1. The Kier molecular flexibility index (Phi) is 5.12. The summed E-state index contributed by atoms with van der Waals surface area (Å²) in [6.07, 6.45) is 4.58. The van der Waals surface area contributed by atoms with E-state index in [0.717, 1.165) is 31.6 Å². The van der Waals surface area contributed by atoms with Crippen molar-refractivity contribution in [3.63, 3.8) is 0 Å². The zero-order valence-electron chi connectivity index (χ0n) is 12.6. The molecule has 0 aliphatic heterocycles. The van der Waals surface area contributed by atoms with Gasteiger partial charge in [0.2, 0.25) is 11.7 Å². The predicted octanol–water partition coefficient (Wildman–Crippen LogP) is 1.64. The number of rotatable bonds is 6. The van der Waals surface area contributed by atoms with Crippen LogP contribution in [0.2, 0.25) is 0 Å². The van der Waals surface area contributed by atoms with Crippen molar-refractivity contribution in [3.05, 3.63) is 11.7 Å². The molecule has 1 saturated carbocycles. The lowest BCUT2D eigenvalue weighted by Crippen LogP contribution is -2.34. The van der Waals surface area contributed by atoms with E-state index < -0.39 is 0 Å². The summed E-state index contributed by atoms with van der Waals surface area (Å²) in [6.45, 7) is 2.70. The number of ether oxygens (including phenoxy) is 2. The maximum atomic E-state index is 5.74. The summed E-state index contributed by atoms with van der Waals surface area (Å²) in [5.41, 5.74) is 5.22. The van der Waals surface area contributed by atoms with E-state index in [4.69, 9.17) is 19.7 Å². The minimum atomic E-state index is -0.389. The minimum absolute atomic E-state index is 0.0897. The molecule has 6 heteroatoms. The van der Waals surface area contributed by atoms with Crippen molar-refractivity contribution in [2.75, 3.05) is 20.8 Å². The highest BCUT2D eigenvalue weighted by atomic mass is 16.5. The molecule has 0 spiro atoms. The van der Waals surface area contributed by atoms with Crippen molar-refractivity contribution in [1.82, 2.24) is 10.1 Å². The fourth-order valence-corrected chi connectivity index (χ4v) is 2.73. The SMILES string of the molecule is COC(CN)Cc1nc(C2(OC)CCC(C)CC2)no1. The molecule has 0 bridgehead atoms. The molecule has 1 heterocycles. The molecule has 1 aromatic heterocycles. The standard InChI is InChI=1S/C14H25N3O3/c1-10-4-6-14(19-3,7-5-10)13-16-12(20-17-13)8-11(9-15)18-2/h10-11H,4-9,15H2,1-3H3. The smallest absolute Gasteiger partial charge is 0.229 e. The maximum Gasteiger partial charge on any atom is 0.229 e. The second kappa shape index (κ2) is 6.65. The van der Waals surface area contributed by atoms with Gasteiger partial charge in [0, 0.05) is 20.8 Å². The number of hydrogen-bond acceptors (Lipinski definition) is 6.